The number of hydrogen-bond donors (Lipinski definition) is 0. The number of halogens is 2. The molecule has 13 heavy (non-hydrogen) atoms. The van der Waals surface area contributed by atoms with Gasteiger partial charge < -0.3 is 4.74 Å². The third-order valence-electron chi connectivity index (χ3n) is 1.59. The van der Waals surface area contributed by atoms with Gasteiger partial charge in [0.05, 0.1) is 7.11 Å². The van der Waals surface area contributed by atoms with E-state index in [-0.39, 0.29) is 0 Å². The molecule has 0 bridgehead atoms. The van der Waals surface area contributed by atoms with Crippen LogP contribution in [0.3, 0.4) is 0 Å². The minimum absolute atomic E-state index is 0.858. The van der Waals surface area contributed by atoms with Crippen molar-refractivity contribution in [3.63, 3.8) is 0 Å². The van der Waals surface area contributed by atoms with Crippen LogP contribution in [-0.4, -0.2) is 12.4 Å². The van der Waals surface area contributed by atoms with Crippen LogP contribution in [0.1, 0.15) is 5.56 Å². The molecule has 0 saturated carbocycles. The van der Waals surface area contributed by atoms with Gasteiger partial charge in [-0.1, -0.05) is 44.0 Å². The summed E-state index contributed by atoms with van der Waals surface area (Å²) in [6, 6.07) is 5.89. The van der Waals surface area contributed by atoms with Crippen LogP contribution in [-0.2, 0) is 0 Å². The topological polar surface area (TPSA) is 9.23 Å². The van der Waals surface area contributed by atoms with E-state index < -0.39 is 0 Å². The third-order valence-corrected chi connectivity index (χ3v) is 2.69. The fraction of sp³-hybridized carbons (Fsp3) is 0.200. The molecule has 0 fully saturated rings. The maximum Gasteiger partial charge on any atom is 0.119 e. The van der Waals surface area contributed by atoms with Crippen molar-refractivity contribution in [1.82, 2.24) is 0 Å². The van der Waals surface area contributed by atoms with E-state index >= 15 is 0 Å². The molecular formula is C10H10Br2O. The second kappa shape index (κ2) is 5.45. The maximum atomic E-state index is 5.12. The molecule has 1 nitrogen and oxygen atoms in total. The Morgan fingerprint density at radius 2 is 2.23 bits per heavy atom. The minimum Gasteiger partial charge on any atom is -0.497 e. The molecule has 70 valence electrons. The van der Waals surface area contributed by atoms with Crippen molar-refractivity contribution >= 4 is 37.9 Å². The Bertz CT molecular complexity index is 308. The number of benzene rings is 1. The van der Waals surface area contributed by atoms with E-state index in [0.717, 1.165) is 21.1 Å². The predicted molar refractivity (Wildman–Crippen MR) is 63.5 cm³/mol. The zero-order valence-corrected chi connectivity index (χ0v) is 10.4. The lowest BCUT2D eigenvalue weighted by molar-refractivity contribution is 0.414. The monoisotopic (exact) mass is 304 g/mol. The lowest BCUT2D eigenvalue weighted by atomic mass is 10.2. The van der Waals surface area contributed by atoms with Crippen molar-refractivity contribution in [2.75, 3.05) is 12.4 Å². The fourth-order valence-electron chi connectivity index (χ4n) is 0.948. The molecule has 0 amide bonds. The first-order chi connectivity index (χ1) is 6.27. The maximum absolute atomic E-state index is 5.12. The zero-order chi connectivity index (χ0) is 9.68. The zero-order valence-electron chi connectivity index (χ0n) is 7.26. The van der Waals surface area contributed by atoms with Crippen LogP contribution < -0.4 is 4.74 Å². The van der Waals surface area contributed by atoms with Crippen molar-refractivity contribution in [3.8, 4) is 5.75 Å². The van der Waals surface area contributed by atoms with Gasteiger partial charge in [-0.3, -0.25) is 0 Å². The summed E-state index contributed by atoms with van der Waals surface area (Å²) in [6.07, 6.45) is 4.08. The SMILES string of the molecule is COc1ccc(Br)c(C=CCBr)c1. The Labute approximate surface area is 95.1 Å². The summed E-state index contributed by atoms with van der Waals surface area (Å²) in [5.74, 6) is 0.873. The van der Waals surface area contributed by atoms with E-state index in [2.05, 4.69) is 31.9 Å². The van der Waals surface area contributed by atoms with Crippen LogP contribution in [0.15, 0.2) is 28.7 Å². The smallest absolute Gasteiger partial charge is 0.119 e. The van der Waals surface area contributed by atoms with E-state index in [1.165, 1.54) is 0 Å². The van der Waals surface area contributed by atoms with Gasteiger partial charge in [0.25, 0.3) is 0 Å². The summed E-state index contributed by atoms with van der Waals surface area (Å²) in [5.41, 5.74) is 1.12. The molecular weight excluding hydrogens is 296 g/mol. The first-order valence-corrected chi connectivity index (χ1v) is 5.75. The van der Waals surface area contributed by atoms with Gasteiger partial charge in [-0.15, -0.1) is 0 Å². The first kappa shape index (κ1) is 10.8. The summed E-state index contributed by atoms with van der Waals surface area (Å²) in [7, 11) is 1.67. The van der Waals surface area contributed by atoms with Crippen molar-refractivity contribution in [2.45, 2.75) is 0 Å². The van der Waals surface area contributed by atoms with E-state index in [9.17, 15) is 0 Å². The van der Waals surface area contributed by atoms with E-state index in [4.69, 9.17) is 4.74 Å². The Hall–Kier alpha value is -0.280. The Morgan fingerprint density at radius 1 is 1.46 bits per heavy atom. The largest absolute Gasteiger partial charge is 0.497 e. The van der Waals surface area contributed by atoms with Crippen LogP contribution in [0, 0.1) is 0 Å². The second-order valence-corrected chi connectivity index (χ2v) is 3.95. The lowest BCUT2D eigenvalue weighted by Crippen LogP contribution is -1.83. The minimum atomic E-state index is 0.858. The van der Waals surface area contributed by atoms with Gasteiger partial charge in [-0.2, -0.15) is 0 Å². The Balaban J connectivity index is 2.97. The quantitative estimate of drug-likeness (QED) is 0.770. The predicted octanol–water partition coefficient (Wildman–Crippen LogP) is 3.87. The second-order valence-electron chi connectivity index (χ2n) is 2.44. The molecule has 0 aliphatic carbocycles. The average molecular weight is 306 g/mol. The van der Waals surface area contributed by atoms with Gasteiger partial charge in [-0.25, -0.2) is 0 Å². The highest BCUT2D eigenvalue weighted by molar-refractivity contribution is 9.10. The van der Waals surface area contributed by atoms with Crippen molar-refractivity contribution in [3.05, 3.63) is 34.3 Å². The van der Waals surface area contributed by atoms with Crippen LogP contribution in [0.25, 0.3) is 6.08 Å². The van der Waals surface area contributed by atoms with Gasteiger partial charge in [0, 0.05) is 9.80 Å². The van der Waals surface area contributed by atoms with Crippen LogP contribution >= 0.6 is 31.9 Å². The van der Waals surface area contributed by atoms with Crippen molar-refractivity contribution in [1.29, 1.82) is 0 Å². The number of hydrogen-bond acceptors (Lipinski definition) is 1. The number of allylic oxidation sites excluding steroid dienone is 1. The molecule has 0 spiro atoms. The number of alkyl halides is 1. The molecule has 0 aliphatic heterocycles. The molecule has 1 rings (SSSR count). The molecule has 0 N–H and O–H groups in total. The van der Waals surface area contributed by atoms with Gasteiger partial charge in [0.1, 0.15) is 5.75 Å². The standard InChI is InChI=1S/C10H10Br2O/c1-13-9-4-5-10(12)8(7-9)3-2-6-11/h2-5,7H,6H2,1H3. The summed E-state index contributed by atoms with van der Waals surface area (Å²) in [4.78, 5) is 0. The van der Waals surface area contributed by atoms with Crippen LogP contribution in [0.4, 0.5) is 0 Å². The van der Waals surface area contributed by atoms with Crippen molar-refractivity contribution in [2.24, 2.45) is 0 Å². The fourth-order valence-corrected chi connectivity index (χ4v) is 1.51. The highest BCUT2D eigenvalue weighted by atomic mass is 79.9. The third kappa shape index (κ3) is 3.16. The molecule has 0 atom stereocenters. The van der Waals surface area contributed by atoms with E-state index in [1.54, 1.807) is 7.11 Å². The Morgan fingerprint density at radius 3 is 2.85 bits per heavy atom. The molecule has 0 aliphatic rings. The normalized spacial score (nSPS) is 10.7. The number of methoxy groups -OCH3 is 1. The van der Waals surface area contributed by atoms with E-state index in [1.807, 2.05) is 30.4 Å². The molecule has 0 saturated heterocycles. The van der Waals surface area contributed by atoms with Gasteiger partial charge in [0.2, 0.25) is 0 Å². The van der Waals surface area contributed by atoms with Crippen LogP contribution in [0.2, 0.25) is 0 Å². The summed E-state index contributed by atoms with van der Waals surface area (Å²) in [5, 5.41) is 0.858. The van der Waals surface area contributed by atoms with Crippen molar-refractivity contribution < 1.29 is 4.74 Å². The van der Waals surface area contributed by atoms with Crippen LogP contribution in [0.5, 0.6) is 5.75 Å². The van der Waals surface area contributed by atoms with Gasteiger partial charge in [0.15, 0.2) is 0 Å². The highest BCUT2D eigenvalue weighted by Gasteiger charge is 1.97. The molecule has 1 aromatic rings. The van der Waals surface area contributed by atoms with E-state index in [0.29, 0.717) is 0 Å². The average Bonchev–Trinajstić information content (AvgIpc) is 2.17. The number of ether oxygens (including phenoxy) is 1. The summed E-state index contributed by atoms with van der Waals surface area (Å²) in [6.45, 7) is 0. The first-order valence-electron chi connectivity index (χ1n) is 3.84. The molecule has 0 aromatic heterocycles. The lowest BCUT2D eigenvalue weighted by Gasteiger charge is -2.02. The summed E-state index contributed by atoms with van der Waals surface area (Å²) >= 11 is 6.80. The molecule has 0 radical (unpaired) electrons. The summed E-state index contributed by atoms with van der Waals surface area (Å²) < 4.78 is 6.20. The molecule has 1 aromatic carbocycles. The molecule has 0 heterocycles. The molecule has 0 unspecified atom stereocenters. The molecule has 3 heteroatoms. The van der Waals surface area contributed by atoms with Gasteiger partial charge >= 0.3 is 0 Å². The van der Waals surface area contributed by atoms with Gasteiger partial charge in [-0.05, 0) is 23.8 Å². The highest BCUT2D eigenvalue weighted by Crippen LogP contribution is 2.23. The number of rotatable bonds is 3. The Kier molecular flexibility index (Phi) is 4.53.